The van der Waals surface area contributed by atoms with Crippen LogP contribution in [0, 0.1) is 27.7 Å². The van der Waals surface area contributed by atoms with Crippen molar-refractivity contribution in [2.75, 3.05) is 11.9 Å². The van der Waals surface area contributed by atoms with Crippen LogP contribution in [-0.2, 0) is 4.79 Å². The van der Waals surface area contributed by atoms with E-state index in [0.717, 1.165) is 28.1 Å². The minimum atomic E-state index is -0.149. The van der Waals surface area contributed by atoms with Crippen LogP contribution in [0.1, 0.15) is 22.3 Å². The Hall–Kier alpha value is -2.29. The quantitative estimate of drug-likeness (QED) is 0.923. The van der Waals surface area contributed by atoms with E-state index in [2.05, 4.69) is 24.4 Å². The second kappa shape index (κ2) is 6.44. The minimum absolute atomic E-state index is 0.0130. The molecule has 2 rings (SSSR count). The van der Waals surface area contributed by atoms with Crippen molar-refractivity contribution in [3.63, 3.8) is 0 Å². The highest BCUT2D eigenvalue weighted by Gasteiger charge is 2.09. The molecule has 0 unspecified atom stereocenters. The van der Waals surface area contributed by atoms with Crippen LogP contribution >= 0.6 is 0 Å². The first-order valence-electron chi connectivity index (χ1n) is 7.03. The number of amides is 1. The summed E-state index contributed by atoms with van der Waals surface area (Å²) in [5.74, 6) is 0.643. The average molecular weight is 283 g/mol. The fourth-order valence-electron chi connectivity index (χ4n) is 2.43. The smallest absolute Gasteiger partial charge is 0.262 e. The van der Waals surface area contributed by atoms with Crippen molar-refractivity contribution in [1.29, 1.82) is 0 Å². The van der Waals surface area contributed by atoms with Crippen LogP contribution in [0.2, 0.25) is 0 Å². The van der Waals surface area contributed by atoms with Gasteiger partial charge in [0.1, 0.15) is 5.75 Å². The van der Waals surface area contributed by atoms with Crippen LogP contribution in [0.4, 0.5) is 5.69 Å². The van der Waals surface area contributed by atoms with E-state index < -0.39 is 0 Å². The number of rotatable bonds is 4. The Kier molecular flexibility index (Phi) is 4.63. The number of hydrogen-bond acceptors (Lipinski definition) is 2. The summed E-state index contributed by atoms with van der Waals surface area (Å²) in [6.07, 6.45) is 0. The van der Waals surface area contributed by atoms with Gasteiger partial charge in [0.05, 0.1) is 0 Å². The van der Waals surface area contributed by atoms with Crippen LogP contribution in [-0.4, -0.2) is 12.5 Å². The summed E-state index contributed by atoms with van der Waals surface area (Å²) in [5.41, 5.74) is 5.16. The maximum absolute atomic E-state index is 12.0. The van der Waals surface area contributed by atoms with Gasteiger partial charge in [-0.1, -0.05) is 35.9 Å². The molecule has 0 aromatic heterocycles. The van der Waals surface area contributed by atoms with Gasteiger partial charge in [0.15, 0.2) is 6.61 Å². The summed E-state index contributed by atoms with van der Waals surface area (Å²) >= 11 is 0. The average Bonchev–Trinajstić information content (AvgIpc) is 2.40. The Labute approximate surface area is 126 Å². The van der Waals surface area contributed by atoms with Crippen molar-refractivity contribution in [2.24, 2.45) is 0 Å². The molecular formula is C18H21NO2. The molecule has 0 aliphatic heterocycles. The number of benzene rings is 2. The Morgan fingerprint density at radius 1 is 1.00 bits per heavy atom. The number of nitrogens with one attached hydrogen (secondary N) is 1. The van der Waals surface area contributed by atoms with Gasteiger partial charge in [-0.15, -0.1) is 0 Å². The second-order valence-electron chi connectivity index (χ2n) is 5.38. The molecule has 0 bridgehead atoms. The van der Waals surface area contributed by atoms with Crippen molar-refractivity contribution >= 4 is 11.6 Å². The number of carbonyl (C=O) groups excluding carboxylic acids is 1. The monoisotopic (exact) mass is 283 g/mol. The standard InChI is InChI=1S/C18H21NO2/c1-12-9-14(3)18(15(4)10-12)21-11-17(20)19-16-8-6-5-7-13(16)2/h5-10H,11H2,1-4H3,(H,19,20). The zero-order chi connectivity index (χ0) is 15.4. The van der Waals surface area contributed by atoms with Gasteiger partial charge in [0.25, 0.3) is 5.91 Å². The van der Waals surface area contributed by atoms with Crippen LogP contribution in [0.5, 0.6) is 5.75 Å². The van der Waals surface area contributed by atoms with E-state index in [9.17, 15) is 4.79 Å². The molecular weight excluding hydrogens is 262 g/mol. The lowest BCUT2D eigenvalue weighted by Gasteiger charge is -2.13. The second-order valence-corrected chi connectivity index (χ2v) is 5.38. The van der Waals surface area contributed by atoms with Crippen molar-refractivity contribution in [3.05, 3.63) is 58.7 Å². The molecule has 0 saturated heterocycles. The number of carbonyl (C=O) groups is 1. The molecule has 0 radical (unpaired) electrons. The Balaban J connectivity index is 2.01. The van der Waals surface area contributed by atoms with E-state index in [1.807, 2.05) is 45.0 Å². The number of para-hydroxylation sites is 1. The Bertz CT molecular complexity index is 639. The molecule has 0 atom stereocenters. The summed E-state index contributed by atoms with van der Waals surface area (Å²) in [4.78, 5) is 12.0. The molecule has 3 nitrogen and oxygen atoms in total. The van der Waals surface area contributed by atoms with Gasteiger partial charge >= 0.3 is 0 Å². The molecule has 2 aromatic rings. The van der Waals surface area contributed by atoms with Gasteiger partial charge in [0, 0.05) is 5.69 Å². The first-order valence-corrected chi connectivity index (χ1v) is 7.03. The fourth-order valence-corrected chi connectivity index (χ4v) is 2.43. The summed E-state index contributed by atoms with van der Waals surface area (Å²) < 4.78 is 5.68. The third-order valence-corrected chi connectivity index (χ3v) is 3.37. The van der Waals surface area contributed by atoms with E-state index in [0.29, 0.717) is 0 Å². The van der Waals surface area contributed by atoms with E-state index in [1.165, 1.54) is 5.56 Å². The number of ether oxygens (including phenoxy) is 1. The summed E-state index contributed by atoms with van der Waals surface area (Å²) in [7, 11) is 0. The zero-order valence-electron chi connectivity index (χ0n) is 13.0. The van der Waals surface area contributed by atoms with Gasteiger partial charge in [0.2, 0.25) is 0 Å². The maximum atomic E-state index is 12.0. The van der Waals surface area contributed by atoms with Gasteiger partial charge in [-0.2, -0.15) is 0 Å². The lowest BCUT2D eigenvalue weighted by atomic mass is 10.1. The fraction of sp³-hybridized carbons (Fsp3) is 0.278. The topological polar surface area (TPSA) is 38.3 Å². The molecule has 3 heteroatoms. The predicted octanol–water partition coefficient (Wildman–Crippen LogP) is 3.94. The van der Waals surface area contributed by atoms with Crippen molar-refractivity contribution in [3.8, 4) is 5.75 Å². The van der Waals surface area contributed by atoms with E-state index in [1.54, 1.807) is 0 Å². The molecule has 21 heavy (non-hydrogen) atoms. The van der Waals surface area contributed by atoms with Gasteiger partial charge in [-0.3, -0.25) is 4.79 Å². The number of aryl methyl sites for hydroxylation is 4. The first kappa shape index (κ1) is 15.1. The first-order chi connectivity index (χ1) is 9.97. The molecule has 0 aliphatic carbocycles. The normalized spacial score (nSPS) is 10.3. The van der Waals surface area contributed by atoms with Gasteiger partial charge in [-0.25, -0.2) is 0 Å². The zero-order valence-corrected chi connectivity index (χ0v) is 13.0. The van der Waals surface area contributed by atoms with E-state index in [-0.39, 0.29) is 12.5 Å². The number of anilines is 1. The third kappa shape index (κ3) is 3.85. The molecule has 110 valence electrons. The van der Waals surface area contributed by atoms with Gasteiger partial charge in [-0.05, 0) is 50.5 Å². The summed E-state index contributed by atoms with van der Waals surface area (Å²) in [6, 6.07) is 11.8. The van der Waals surface area contributed by atoms with Crippen molar-refractivity contribution in [2.45, 2.75) is 27.7 Å². The van der Waals surface area contributed by atoms with Crippen LogP contribution in [0.3, 0.4) is 0 Å². The molecule has 0 aliphatic rings. The summed E-state index contributed by atoms with van der Waals surface area (Å²) in [6.45, 7) is 8.02. The third-order valence-electron chi connectivity index (χ3n) is 3.37. The van der Waals surface area contributed by atoms with Gasteiger partial charge < -0.3 is 10.1 Å². The highest BCUT2D eigenvalue weighted by Crippen LogP contribution is 2.24. The largest absolute Gasteiger partial charge is 0.483 e. The lowest BCUT2D eigenvalue weighted by Crippen LogP contribution is -2.21. The van der Waals surface area contributed by atoms with Crippen LogP contribution in [0.15, 0.2) is 36.4 Å². The Morgan fingerprint density at radius 3 is 2.24 bits per heavy atom. The molecule has 0 heterocycles. The molecule has 2 aromatic carbocycles. The predicted molar refractivity (Wildman–Crippen MR) is 86.0 cm³/mol. The molecule has 0 spiro atoms. The highest BCUT2D eigenvalue weighted by atomic mass is 16.5. The van der Waals surface area contributed by atoms with Crippen LogP contribution < -0.4 is 10.1 Å². The number of hydrogen-bond donors (Lipinski definition) is 1. The lowest BCUT2D eigenvalue weighted by molar-refractivity contribution is -0.118. The van der Waals surface area contributed by atoms with Crippen molar-refractivity contribution < 1.29 is 9.53 Å². The molecule has 0 saturated carbocycles. The molecule has 1 amide bonds. The van der Waals surface area contributed by atoms with E-state index >= 15 is 0 Å². The van der Waals surface area contributed by atoms with Crippen LogP contribution in [0.25, 0.3) is 0 Å². The summed E-state index contributed by atoms with van der Waals surface area (Å²) in [5, 5.41) is 2.87. The van der Waals surface area contributed by atoms with E-state index in [4.69, 9.17) is 4.74 Å². The maximum Gasteiger partial charge on any atom is 0.262 e. The Morgan fingerprint density at radius 2 is 1.62 bits per heavy atom. The minimum Gasteiger partial charge on any atom is -0.483 e. The molecule has 1 N–H and O–H groups in total. The highest BCUT2D eigenvalue weighted by molar-refractivity contribution is 5.92. The molecule has 0 fully saturated rings. The SMILES string of the molecule is Cc1cc(C)c(OCC(=O)Nc2ccccc2C)c(C)c1. The van der Waals surface area contributed by atoms with Crippen molar-refractivity contribution in [1.82, 2.24) is 0 Å².